The summed E-state index contributed by atoms with van der Waals surface area (Å²) in [6, 6.07) is 9.67. The molecule has 1 aromatic carbocycles. The first-order valence-electron chi connectivity index (χ1n) is 6.42. The van der Waals surface area contributed by atoms with Crippen molar-refractivity contribution in [3.05, 3.63) is 47.9 Å². The number of allylic oxidation sites excluding steroid dienone is 1. The average Bonchev–Trinajstić information content (AvgIpc) is 2.90. The summed E-state index contributed by atoms with van der Waals surface area (Å²) in [5, 5.41) is 2.77. The first kappa shape index (κ1) is 15.2. The summed E-state index contributed by atoms with van der Waals surface area (Å²) < 4.78 is 0. The highest BCUT2D eigenvalue weighted by Gasteiger charge is 2.24. The van der Waals surface area contributed by atoms with Crippen molar-refractivity contribution in [2.45, 2.75) is 6.92 Å². The SMILES string of the molecule is CC1=C(C(N)=O)NNN1c1cccc2ncccc12.CP. The minimum absolute atomic E-state index is 0.362. The van der Waals surface area contributed by atoms with Gasteiger partial charge in [0.05, 0.1) is 16.9 Å². The molecule has 4 N–H and O–H groups in total. The Kier molecular flexibility index (Phi) is 4.73. The van der Waals surface area contributed by atoms with Gasteiger partial charge in [-0.15, -0.1) is 14.8 Å². The van der Waals surface area contributed by atoms with Crippen molar-refractivity contribution in [2.24, 2.45) is 5.73 Å². The lowest BCUT2D eigenvalue weighted by Gasteiger charge is -2.20. The van der Waals surface area contributed by atoms with E-state index in [0.717, 1.165) is 22.3 Å². The molecule has 0 aliphatic carbocycles. The van der Waals surface area contributed by atoms with E-state index < -0.39 is 5.91 Å². The van der Waals surface area contributed by atoms with E-state index in [1.54, 1.807) is 11.2 Å². The zero-order chi connectivity index (χ0) is 15.4. The smallest absolute Gasteiger partial charge is 0.268 e. The highest BCUT2D eigenvalue weighted by atomic mass is 31.0. The van der Waals surface area contributed by atoms with Crippen LogP contribution in [0.4, 0.5) is 5.69 Å². The van der Waals surface area contributed by atoms with Crippen LogP contribution in [0, 0.1) is 0 Å². The average molecular weight is 303 g/mol. The molecular weight excluding hydrogens is 285 g/mol. The summed E-state index contributed by atoms with van der Waals surface area (Å²) in [6.07, 6.45) is 1.75. The lowest BCUT2D eigenvalue weighted by atomic mass is 10.1. The number of hydrazine groups is 2. The minimum Gasteiger partial charge on any atom is -0.364 e. The van der Waals surface area contributed by atoms with Crippen molar-refractivity contribution >= 4 is 31.7 Å². The summed E-state index contributed by atoms with van der Waals surface area (Å²) in [5.74, 6) is -0.495. The zero-order valence-corrected chi connectivity index (χ0v) is 13.1. The molecule has 1 aliphatic heterocycles. The molecule has 6 nitrogen and oxygen atoms in total. The second kappa shape index (κ2) is 6.52. The van der Waals surface area contributed by atoms with Crippen molar-refractivity contribution in [3.63, 3.8) is 0 Å². The number of hydrogen-bond donors (Lipinski definition) is 3. The van der Waals surface area contributed by atoms with Gasteiger partial charge in [-0.05, 0) is 31.2 Å². The Morgan fingerprint density at radius 2 is 2.05 bits per heavy atom. The van der Waals surface area contributed by atoms with Crippen LogP contribution < -0.4 is 21.7 Å². The Morgan fingerprint density at radius 1 is 1.29 bits per heavy atom. The van der Waals surface area contributed by atoms with Crippen LogP contribution in [0.3, 0.4) is 0 Å². The van der Waals surface area contributed by atoms with Gasteiger partial charge in [0.1, 0.15) is 5.70 Å². The number of nitrogens with two attached hydrogens (primary N) is 1. The van der Waals surface area contributed by atoms with Gasteiger partial charge in [-0.1, -0.05) is 12.7 Å². The van der Waals surface area contributed by atoms with Crippen molar-refractivity contribution in [2.75, 3.05) is 11.7 Å². The first-order chi connectivity index (χ1) is 10.2. The van der Waals surface area contributed by atoms with Gasteiger partial charge in [-0.25, -0.2) is 0 Å². The highest BCUT2D eigenvalue weighted by Crippen LogP contribution is 2.28. The molecule has 1 aliphatic rings. The number of pyridine rings is 1. The number of primary amides is 1. The van der Waals surface area contributed by atoms with Crippen molar-refractivity contribution in [3.8, 4) is 0 Å². The molecule has 0 saturated carbocycles. The number of carbonyl (C=O) groups excluding carboxylic acids is 1. The van der Waals surface area contributed by atoms with Gasteiger partial charge in [0.2, 0.25) is 0 Å². The molecule has 1 aromatic heterocycles. The predicted molar refractivity (Wildman–Crippen MR) is 88.0 cm³/mol. The van der Waals surface area contributed by atoms with Crippen molar-refractivity contribution in [1.29, 1.82) is 0 Å². The third kappa shape index (κ3) is 2.82. The van der Waals surface area contributed by atoms with Crippen molar-refractivity contribution < 1.29 is 4.79 Å². The monoisotopic (exact) mass is 303 g/mol. The van der Waals surface area contributed by atoms with Gasteiger partial charge in [0.15, 0.2) is 0 Å². The quantitative estimate of drug-likeness (QED) is 0.728. The van der Waals surface area contributed by atoms with Gasteiger partial charge in [0, 0.05) is 11.6 Å². The Labute approximate surface area is 125 Å². The zero-order valence-electron chi connectivity index (χ0n) is 11.9. The van der Waals surface area contributed by atoms with E-state index in [4.69, 9.17) is 5.73 Å². The Balaban J connectivity index is 0.000000774. The number of amides is 1. The van der Waals surface area contributed by atoms with E-state index in [9.17, 15) is 4.79 Å². The molecule has 1 unspecified atom stereocenters. The number of nitrogens with zero attached hydrogens (tertiary/aromatic N) is 2. The van der Waals surface area contributed by atoms with E-state index in [0.29, 0.717) is 5.70 Å². The molecule has 0 radical (unpaired) electrons. The van der Waals surface area contributed by atoms with Crippen LogP contribution in [-0.2, 0) is 4.79 Å². The number of benzene rings is 1. The maximum atomic E-state index is 11.3. The number of carbonyl (C=O) groups is 1. The molecule has 2 aromatic rings. The topological polar surface area (TPSA) is 83.3 Å². The standard InChI is InChI=1S/C13H13N5O.CH5P/c1-8-12(13(14)19)16-17-18(8)11-6-2-5-10-9(11)4-3-7-15-10;1-2/h2-7,16-17H,1H3,(H2,14,19);2H2,1H3. The maximum absolute atomic E-state index is 11.3. The first-order valence-corrected chi connectivity index (χ1v) is 7.58. The van der Waals surface area contributed by atoms with Crippen molar-refractivity contribution in [1.82, 2.24) is 15.9 Å². The Morgan fingerprint density at radius 3 is 2.71 bits per heavy atom. The normalized spacial score (nSPS) is 13.8. The summed E-state index contributed by atoms with van der Waals surface area (Å²) in [7, 11) is 2.42. The van der Waals surface area contributed by atoms with Crippen LogP contribution >= 0.6 is 9.24 Å². The molecule has 0 bridgehead atoms. The molecule has 0 saturated heterocycles. The number of aromatic nitrogens is 1. The molecule has 0 fully saturated rings. The second-order valence-electron chi connectivity index (χ2n) is 4.24. The largest absolute Gasteiger partial charge is 0.364 e. The minimum atomic E-state index is -0.495. The fourth-order valence-electron chi connectivity index (χ4n) is 2.16. The summed E-state index contributed by atoms with van der Waals surface area (Å²) in [4.78, 5) is 15.6. The molecule has 1 amide bonds. The molecule has 0 spiro atoms. The van der Waals surface area contributed by atoms with Gasteiger partial charge >= 0.3 is 0 Å². The van der Waals surface area contributed by atoms with E-state index in [1.807, 2.05) is 43.9 Å². The molecule has 1 atom stereocenters. The third-order valence-corrected chi connectivity index (χ3v) is 3.10. The highest BCUT2D eigenvalue weighted by molar-refractivity contribution is 7.15. The van der Waals surface area contributed by atoms with E-state index in [1.165, 1.54) is 0 Å². The number of rotatable bonds is 2. The van der Waals surface area contributed by atoms with Gasteiger partial charge in [-0.2, -0.15) is 0 Å². The molecule has 110 valence electrons. The lowest BCUT2D eigenvalue weighted by Crippen LogP contribution is -2.39. The fourth-order valence-corrected chi connectivity index (χ4v) is 2.16. The summed E-state index contributed by atoms with van der Waals surface area (Å²) >= 11 is 0. The number of fused-ring (bicyclic) bond motifs is 1. The Bertz CT molecular complexity index is 695. The summed E-state index contributed by atoms with van der Waals surface area (Å²) in [5.41, 5.74) is 13.9. The second-order valence-corrected chi connectivity index (χ2v) is 4.24. The van der Waals surface area contributed by atoms with E-state index >= 15 is 0 Å². The van der Waals surface area contributed by atoms with E-state index in [-0.39, 0.29) is 0 Å². The van der Waals surface area contributed by atoms with Crippen LogP contribution in [0.1, 0.15) is 6.92 Å². The molecule has 3 rings (SSSR count). The van der Waals surface area contributed by atoms with Crippen LogP contribution in [0.25, 0.3) is 10.9 Å². The number of hydrogen-bond acceptors (Lipinski definition) is 5. The lowest BCUT2D eigenvalue weighted by molar-refractivity contribution is -0.114. The van der Waals surface area contributed by atoms with Crippen LogP contribution in [0.2, 0.25) is 0 Å². The Hall–Kier alpha value is -2.17. The molecule has 21 heavy (non-hydrogen) atoms. The van der Waals surface area contributed by atoms with Gasteiger partial charge in [-0.3, -0.25) is 20.2 Å². The van der Waals surface area contributed by atoms with E-state index in [2.05, 4.69) is 25.2 Å². The summed E-state index contributed by atoms with van der Waals surface area (Å²) in [6.45, 7) is 3.74. The third-order valence-electron chi connectivity index (χ3n) is 3.10. The van der Waals surface area contributed by atoms with Crippen LogP contribution in [0.5, 0.6) is 0 Å². The molecule has 2 heterocycles. The molecular formula is C14H18N5OP. The maximum Gasteiger partial charge on any atom is 0.268 e. The molecule has 7 heteroatoms. The van der Waals surface area contributed by atoms with Crippen LogP contribution in [0.15, 0.2) is 47.9 Å². The van der Waals surface area contributed by atoms with Gasteiger partial charge < -0.3 is 5.73 Å². The number of anilines is 1. The number of nitrogens with one attached hydrogen (secondary N) is 2. The fraction of sp³-hybridized carbons (Fsp3) is 0.143. The van der Waals surface area contributed by atoms with Crippen LogP contribution in [-0.4, -0.2) is 17.6 Å². The van der Waals surface area contributed by atoms with Gasteiger partial charge in [0.25, 0.3) is 5.91 Å². The predicted octanol–water partition coefficient (Wildman–Crippen LogP) is 1.27.